The molecule has 1 aromatic carbocycles. The zero-order valence-electron chi connectivity index (χ0n) is 14.1. The lowest BCUT2D eigenvalue weighted by Gasteiger charge is -2.22. The number of amides is 3. The Kier molecular flexibility index (Phi) is 8.75. The molecule has 0 saturated heterocycles. The summed E-state index contributed by atoms with van der Waals surface area (Å²) in [6.45, 7) is 5.35. The quantitative estimate of drug-likeness (QED) is 0.605. The topological polar surface area (TPSA) is 79.5 Å². The number of hydrogen-bond donors (Lipinski definition) is 3. The standard InChI is InChI=1S/C17H27N3O3/c1-13(2)15(16(21)18-10-7-11-23-3)20-17(22)19-12-14-8-5-4-6-9-14/h4-6,8-9,13,15H,7,10-12H2,1-3H3,(H,18,21)(H2,19,20,22). The Morgan fingerprint density at radius 2 is 1.83 bits per heavy atom. The van der Waals surface area contributed by atoms with E-state index in [0.29, 0.717) is 19.7 Å². The van der Waals surface area contributed by atoms with E-state index < -0.39 is 6.04 Å². The maximum absolute atomic E-state index is 12.2. The van der Waals surface area contributed by atoms with E-state index in [1.807, 2.05) is 44.2 Å². The number of ether oxygens (including phenoxy) is 1. The van der Waals surface area contributed by atoms with Crippen LogP contribution in [0.15, 0.2) is 30.3 Å². The fourth-order valence-electron chi connectivity index (χ4n) is 2.04. The molecule has 1 unspecified atom stereocenters. The molecule has 0 bridgehead atoms. The number of carbonyl (C=O) groups is 2. The lowest BCUT2D eigenvalue weighted by molar-refractivity contribution is -0.123. The average Bonchev–Trinajstić information content (AvgIpc) is 2.55. The minimum atomic E-state index is -0.562. The summed E-state index contributed by atoms with van der Waals surface area (Å²) in [6.07, 6.45) is 0.743. The molecule has 3 amide bonds. The SMILES string of the molecule is COCCCNC(=O)C(NC(=O)NCc1ccccc1)C(C)C. The maximum Gasteiger partial charge on any atom is 0.315 e. The maximum atomic E-state index is 12.2. The fraction of sp³-hybridized carbons (Fsp3) is 0.529. The van der Waals surface area contributed by atoms with Crippen molar-refractivity contribution >= 4 is 11.9 Å². The Bertz CT molecular complexity index is 477. The third-order valence-electron chi connectivity index (χ3n) is 3.36. The van der Waals surface area contributed by atoms with E-state index in [1.165, 1.54) is 0 Å². The molecule has 6 nitrogen and oxygen atoms in total. The van der Waals surface area contributed by atoms with Gasteiger partial charge in [-0.25, -0.2) is 4.79 Å². The van der Waals surface area contributed by atoms with Gasteiger partial charge >= 0.3 is 6.03 Å². The molecule has 0 heterocycles. The third-order valence-corrected chi connectivity index (χ3v) is 3.36. The Labute approximate surface area is 138 Å². The first-order valence-electron chi connectivity index (χ1n) is 7.89. The number of rotatable bonds is 9. The Morgan fingerprint density at radius 1 is 1.13 bits per heavy atom. The van der Waals surface area contributed by atoms with Gasteiger partial charge in [-0.15, -0.1) is 0 Å². The molecule has 0 aliphatic carbocycles. The molecular formula is C17H27N3O3. The first-order valence-corrected chi connectivity index (χ1v) is 7.89. The molecule has 3 N–H and O–H groups in total. The van der Waals surface area contributed by atoms with Crippen molar-refractivity contribution in [3.8, 4) is 0 Å². The van der Waals surface area contributed by atoms with E-state index in [4.69, 9.17) is 4.74 Å². The summed E-state index contributed by atoms with van der Waals surface area (Å²) in [5.41, 5.74) is 1.01. The lowest BCUT2D eigenvalue weighted by atomic mass is 10.0. The summed E-state index contributed by atoms with van der Waals surface area (Å²) in [4.78, 5) is 24.2. The Hall–Kier alpha value is -2.08. The van der Waals surface area contributed by atoms with Gasteiger partial charge in [-0.3, -0.25) is 4.79 Å². The second-order valence-corrected chi connectivity index (χ2v) is 5.67. The van der Waals surface area contributed by atoms with E-state index >= 15 is 0 Å². The monoisotopic (exact) mass is 321 g/mol. The predicted octanol–water partition coefficient (Wildman–Crippen LogP) is 1.66. The zero-order chi connectivity index (χ0) is 17.1. The van der Waals surface area contributed by atoms with Crippen molar-refractivity contribution in [1.29, 1.82) is 0 Å². The molecule has 1 atom stereocenters. The highest BCUT2D eigenvalue weighted by atomic mass is 16.5. The highest BCUT2D eigenvalue weighted by Crippen LogP contribution is 2.02. The smallest absolute Gasteiger partial charge is 0.315 e. The van der Waals surface area contributed by atoms with E-state index in [1.54, 1.807) is 7.11 Å². The van der Waals surface area contributed by atoms with E-state index in [-0.39, 0.29) is 17.9 Å². The van der Waals surface area contributed by atoms with Crippen LogP contribution in [-0.4, -0.2) is 38.2 Å². The van der Waals surface area contributed by atoms with E-state index in [9.17, 15) is 9.59 Å². The van der Waals surface area contributed by atoms with Crippen LogP contribution in [0.2, 0.25) is 0 Å². The zero-order valence-corrected chi connectivity index (χ0v) is 14.1. The summed E-state index contributed by atoms with van der Waals surface area (Å²) in [6, 6.07) is 8.71. The third kappa shape index (κ3) is 7.65. The van der Waals surface area contributed by atoms with Crippen LogP contribution in [0.5, 0.6) is 0 Å². The molecule has 23 heavy (non-hydrogen) atoms. The van der Waals surface area contributed by atoms with Crippen LogP contribution in [0, 0.1) is 5.92 Å². The van der Waals surface area contributed by atoms with Crippen molar-refractivity contribution in [3.05, 3.63) is 35.9 Å². The van der Waals surface area contributed by atoms with Gasteiger partial charge in [0.05, 0.1) is 0 Å². The number of nitrogens with one attached hydrogen (secondary N) is 3. The molecule has 0 spiro atoms. The number of methoxy groups -OCH3 is 1. The molecule has 128 valence electrons. The van der Waals surface area contributed by atoms with Crippen molar-refractivity contribution in [2.24, 2.45) is 5.92 Å². The Balaban J connectivity index is 2.41. The van der Waals surface area contributed by atoms with Gasteiger partial charge in [0.25, 0.3) is 0 Å². The van der Waals surface area contributed by atoms with Crippen LogP contribution in [-0.2, 0) is 16.1 Å². The number of urea groups is 1. The summed E-state index contributed by atoms with van der Waals surface area (Å²) in [7, 11) is 1.62. The van der Waals surface area contributed by atoms with Gasteiger partial charge in [0.2, 0.25) is 5.91 Å². The van der Waals surface area contributed by atoms with Crippen LogP contribution in [0.25, 0.3) is 0 Å². The normalized spacial score (nSPS) is 11.8. The Morgan fingerprint density at radius 3 is 2.43 bits per heavy atom. The van der Waals surface area contributed by atoms with E-state index in [2.05, 4.69) is 16.0 Å². The van der Waals surface area contributed by atoms with Crippen molar-refractivity contribution in [3.63, 3.8) is 0 Å². The first-order chi connectivity index (χ1) is 11.0. The van der Waals surface area contributed by atoms with Gasteiger partial charge in [0.15, 0.2) is 0 Å². The summed E-state index contributed by atoms with van der Waals surface area (Å²) >= 11 is 0. The number of carbonyl (C=O) groups excluding carboxylic acids is 2. The summed E-state index contributed by atoms with van der Waals surface area (Å²) in [5.74, 6) is -0.175. The molecule has 0 radical (unpaired) electrons. The minimum Gasteiger partial charge on any atom is -0.385 e. The van der Waals surface area contributed by atoms with Crippen molar-refractivity contribution < 1.29 is 14.3 Å². The molecule has 0 aliphatic heterocycles. The van der Waals surface area contributed by atoms with Crippen molar-refractivity contribution in [2.75, 3.05) is 20.3 Å². The molecule has 0 aromatic heterocycles. The van der Waals surface area contributed by atoms with E-state index in [0.717, 1.165) is 12.0 Å². The lowest BCUT2D eigenvalue weighted by Crippen LogP contribution is -2.52. The van der Waals surface area contributed by atoms with Gasteiger partial charge in [-0.2, -0.15) is 0 Å². The van der Waals surface area contributed by atoms with Crippen LogP contribution in [0.4, 0.5) is 4.79 Å². The van der Waals surface area contributed by atoms with Crippen LogP contribution >= 0.6 is 0 Å². The molecular weight excluding hydrogens is 294 g/mol. The number of benzene rings is 1. The van der Waals surface area contributed by atoms with Gasteiger partial charge in [-0.05, 0) is 17.9 Å². The van der Waals surface area contributed by atoms with Gasteiger partial charge in [0.1, 0.15) is 6.04 Å². The van der Waals surface area contributed by atoms with Gasteiger partial charge in [-0.1, -0.05) is 44.2 Å². The second-order valence-electron chi connectivity index (χ2n) is 5.67. The summed E-state index contributed by atoms with van der Waals surface area (Å²) < 4.78 is 4.94. The molecule has 1 aromatic rings. The molecule has 1 rings (SSSR count). The van der Waals surface area contributed by atoms with Crippen LogP contribution in [0.1, 0.15) is 25.8 Å². The molecule has 6 heteroatoms. The predicted molar refractivity (Wildman–Crippen MR) is 89.9 cm³/mol. The fourth-order valence-corrected chi connectivity index (χ4v) is 2.04. The average molecular weight is 321 g/mol. The largest absolute Gasteiger partial charge is 0.385 e. The highest BCUT2D eigenvalue weighted by Gasteiger charge is 2.23. The van der Waals surface area contributed by atoms with Gasteiger partial charge in [0, 0.05) is 26.8 Å². The minimum absolute atomic E-state index is 0.0000922. The molecule has 0 aliphatic rings. The summed E-state index contributed by atoms with van der Waals surface area (Å²) in [5, 5.41) is 8.32. The highest BCUT2D eigenvalue weighted by molar-refractivity contribution is 5.87. The van der Waals surface area contributed by atoms with Crippen molar-refractivity contribution in [2.45, 2.75) is 32.9 Å². The molecule has 0 saturated carbocycles. The van der Waals surface area contributed by atoms with Crippen molar-refractivity contribution in [1.82, 2.24) is 16.0 Å². The first kappa shape index (κ1) is 19.0. The number of hydrogen-bond acceptors (Lipinski definition) is 3. The van der Waals surface area contributed by atoms with Gasteiger partial charge < -0.3 is 20.7 Å². The van der Waals surface area contributed by atoms with Crippen LogP contribution < -0.4 is 16.0 Å². The molecule has 0 fully saturated rings. The van der Waals surface area contributed by atoms with Crippen LogP contribution in [0.3, 0.4) is 0 Å². The second kappa shape index (κ2) is 10.6.